The molecule has 7 nitrogen and oxygen atoms in total. The molecule has 1 fully saturated rings. The van der Waals surface area contributed by atoms with Gasteiger partial charge in [-0.15, -0.1) is 0 Å². The van der Waals surface area contributed by atoms with E-state index in [-0.39, 0.29) is 17.0 Å². The van der Waals surface area contributed by atoms with Crippen LogP contribution in [0.25, 0.3) is 11.0 Å². The van der Waals surface area contributed by atoms with Crippen molar-refractivity contribution in [2.45, 2.75) is 46.8 Å². The van der Waals surface area contributed by atoms with E-state index in [0.29, 0.717) is 18.1 Å². The fourth-order valence-corrected chi connectivity index (χ4v) is 4.08. The first-order valence-electron chi connectivity index (χ1n) is 11.4. The first-order chi connectivity index (χ1) is 15.3. The van der Waals surface area contributed by atoms with Gasteiger partial charge in [0.15, 0.2) is 0 Å². The maximum atomic E-state index is 12.5. The van der Waals surface area contributed by atoms with Crippen molar-refractivity contribution in [1.82, 2.24) is 24.8 Å². The summed E-state index contributed by atoms with van der Waals surface area (Å²) < 4.78 is 1.75. The molecule has 0 radical (unpaired) electrons. The molecule has 0 bridgehead atoms. The summed E-state index contributed by atoms with van der Waals surface area (Å²) >= 11 is 0. The Balaban J connectivity index is 1.50. The molecule has 0 spiro atoms. The minimum absolute atomic E-state index is 0.0314. The number of fused-ring (bicyclic) bond motifs is 1. The molecule has 0 saturated carbocycles. The molecule has 0 aliphatic carbocycles. The van der Waals surface area contributed by atoms with E-state index < -0.39 is 0 Å². The molecule has 0 unspecified atom stereocenters. The molecule has 32 heavy (non-hydrogen) atoms. The van der Waals surface area contributed by atoms with E-state index in [9.17, 15) is 4.79 Å². The minimum Gasteiger partial charge on any atom is -0.348 e. The lowest BCUT2D eigenvalue weighted by molar-refractivity contribution is 0.233. The fraction of sp³-hybridized carbons (Fsp3) is 0.480. The van der Waals surface area contributed by atoms with E-state index in [4.69, 9.17) is 4.98 Å². The van der Waals surface area contributed by atoms with Gasteiger partial charge in [0, 0.05) is 56.9 Å². The predicted octanol–water partition coefficient (Wildman–Crippen LogP) is 3.42. The van der Waals surface area contributed by atoms with Crippen LogP contribution in [0.2, 0.25) is 0 Å². The highest BCUT2D eigenvalue weighted by Gasteiger charge is 2.16. The van der Waals surface area contributed by atoms with Gasteiger partial charge in [0.1, 0.15) is 5.65 Å². The Kier molecular flexibility index (Phi) is 6.58. The van der Waals surface area contributed by atoms with Crippen LogP contribution in [0.5, 0.6) is 0 Å². The number of hydrogen-bond donors (Lipinski definition) is 2. The van der Waals surface area contributed by atoms with Crippen LogP contribution in [0.3, 0.4) is 0 Å². The third-order valence-corrected chi connectivity index (χ3v) is 5.80. The summed E-state index contributed by atoms with van der Waals surface area (Å²) in [7, 11) is 0. The van der Waals surface area contributed by atoms with Gasteiger partial charge in [-0.2, -0.15) is 4.98 Å². The molecule has 2 N–H and O–H groups in total. The van der Waals surface area contributed by atoms with Crippen LogP contribution in [0.15, 0.2) is 47.4 Å². The second kappa shape index (κ2) is 9.38. The van der Waals surface area contributed by atoms with Gasteiger partial charge in [-0.25, -0.2) is 4.98 Å². The molecule has 3 heterocycles. The summed E-state index contributed by atoms with van der Waals surface area (Å²) in [5.74, 6) is 0.531. The molecule has 1 atom stereocenters. The lowest BCUT2D eigenvalue weighted by Gasteiger charge is -2.27. The van der Waals surface area contributed by atoms with Gasteiger partial charge in [-0.3, -0.25) is 14.3 Å². The van der Waals surface area contributed by atoms with Crippen molar-refractivity contribution in [3.63, 3.8) is 0 Å². The van der Waals surface area contributed by atoms with Crippen LogP contribution in [-0.4, -0.2) is 45.6 Å². The molecule has 1 saturated heterocycles. The smallest absolute Gasteiger partial charge is 0.252 e. The van der Waals surface area contributed by atoms with Crippen LogP contribution in [-0.2, 0) is 13.1 Å². The Morgan fingerprint density at radius 3 is 2.50 bits per heavy atom. The number of aromatic nitrogens is 3. The maximum Gasteiger partial charge on any atom is 0.252 e. The van der Waals surface area contributed by atoms with Crippen molar-refractivity contribution in [2.75, 3.05) is 31.5 Å². The number of nitrogens with one attached hydrogen (secondary N) is 2. The minimum atomic E-state index is -0.0369. The zero-order valence-corrected chi connectivity index (χ0v) is 19.6. The third-order valence-electron chi connectivity index (χ3n) is 5.80. The van der Waals surface area contributed by atoms with E-state index in [1.807, 2.05) is 0 Å². The van der Waals surface area contributed by atoms with Crippen molar-refractivity contribution in [3.8, 4) is 0 Å². The topological polar surface area (TPSA) is 75.1 Å². The van der Waals surface area contributed by atoms with Crippen LogP contribution in [0.1, 0.15) is 44.9 Å². The summed E-state index contributed by atoms with van der Waals surface area (Å²) in [5, 5.41) is 7.67. The molecule has 170 valence electrons. The summed E-state index contributed by atoms with van der Waals surface area (Å²) in [4.78, 5) is 24.2. The lowest BCUT2D eigenvalue weighted by atomic mass is 9.97. The van der Waals surface area contributed by atoms with Crippen molar-refractivity contribution in [2.24, 2.45) is 5.41 Å². The van der Waals surface area contributed by atoms with Crippen LogP contribution < -0.4 is 16.2 Å². The van der Waals surface area contributed by atoms with Gasteiger partial charge in [0.2, 0.25) is 5.95 Å². The summed E-state index contributed by atoms with van der Waals surface area (Å²) in [5.41, 5.74) is 3.11. The normalized spacial score (nSPS) is 16.2. The highest BCUT2D eigenvalue weighted by Crippen LogP contribution is 2.21. The Labute approximate surface area is 189 Å². The van der Waals surface area contributed by atoms with Crippen LogP contribution >= 0.6 is 0 Å². The number of hydrogen-bond acceptors (Lipinski definition) is 6. The second-order valence-corrected chi connectivity index (χ2v) is 9.92. The zero-order chi connectivity index (χ0) is 22.7. The van der Waals surface area contributed by atoms with Gasteiger partial charge in [0.25, 0.3) is 5.56 Å². The van der Waals surface area contributed by atoms with E-state index >= 15 is 0 Å². The lowest BCUT2D eigenvalue weighted by Crippen LogP contribution is -2.42. The monoisotopic (exact) mass is 434 g/mol. The SMILES string of the molecule is C[C@H](Nc1ncc2ccc(=O)n(CC(C)(C)C)c2n1)c1ccc(CN2CCNCC2)cc1. The Morgan fingerprint density at radius 2 is 1.81 bits per heavy atom. The van der Waals surface area contributed by atoms with Gasteiger partial charge >= 0.3 is 0 Å². The molecule has 7 heteroatoms. The molecular formula is C25H34N6O. The quantitative estimate of drug-likeness (QED) is 0.619. The average Bonchev–Trinajstić information content (AvgIpc) is 2.76. The summed E-state index contributed by atoms with van der Waals surface area (Å²) in [6.45, 7) is 14.4. The zero-order valence-electron chi connectivity index (χ0n) is 19.6. The summed E-state index contributed by atoms with van der Waals surface area (Å²) in [6.07, 6.45) is 1.78. The summed E-state index contributed by atoms with van der Waals surface area (Å²) in [6, 6.07) is 12.2. The highest BCUT2D eigenvalue weighted by atomic mass is 16.1. The van der Waals surface area contributed by atoms with Gasteiger partial charge in [0.05, 0.1) is 6.04 Å². The third kappa shape index (κ3) is 5.53. The Bertz CT molecular complexity index is 1110. The van der Waals surface area contributed by atoms with E-state index in [1.165, 1.54) is 11.1 Å². The number of rotatable bonds is 6. The maximum absolute atomic E-state index is 12.5. The first kappa shape index (κ1) is 22.4. The standard InChI is InChI=1S/C25H34N6O/c1-18(20-7-5-19(6-8-20)16-30-13-11-26-12-14-30)28-24-27-15-21-9-10-22(32)31(23(21)29-24)17-25(2,3)4/h5-10,15,18,26H,11-14,16-17H2,1-4H3,(H,27,28,29)/t18-/m0/s1. The fourth-order valence-electron chi connectivity index (χ4n) is 4.08. The molecule has 2 aromatic heterocycles. The van der Waals surface area contributed by atoms with Crippen LogP contribution in [0, 0.1) is 5.41 Å². The Morgan fingerprint density at radius 1 is 1.09 bits per heavy atom. The van der Waals surface area contributed by atoms with Crippen molar-refractivity contribution in [3.05, 3.63) is 64.1 Å². The van der Waals surface area contributed by atoms with Crippen molar-refractivity contribution in [1.29, 1.82) is 0 Å². The van der Waals surface area contributed by atoms with Crippen molar-refractivity contribution >= 4 is 17.0 Å². The van der Waals surface area contributed by atoms with Gasteiger partial charge < -0.3 is 10.6 Å². The van der Waals surface area contributed by atoms with E-state index in [2.05, 4.69) is 72.5 Å². The van der Waals surface area contributed by atoms with Gasteiger partial charge in [-0.05, 0) is 29.5 Å². The molecule has 0 amide bonds. The number of anilines is 1. The number of nitrogens with zero attached hydrogens (tertiary/aromatic N) is 4. The number of piperazine rings is 1. The molecule has 1 aliphatic rings. The first-order valence-corrected chi connectivity index (χ1v) is 11.4. The molecule has 4 rings (SSSR count). The van der Waals surface area contributed by atoms with Crippen molar-refractivity contribution < 1.29 is 0 Å². The molecule has 1 aliphatic heterocycles. The molecule has 3 aromatic rings. The predicted molar refractivity (Wildman–Crippen MR) is 130 cm³/mol. The largest absolute Gasteiger partial charge is 0.348 e. The van der Waals surface area contributed by atoms with E-state index in [0.717, 1.165) is 38.1 Å². The van der Waals surface area contributed by atoms with Gasteiger partial charge in [-0.1, -0.05) is 45.0 Å². The van der Waals surface area contributed by atoms with Crippen LogP contribution in [0.4, 0.5) is 5.95 Å². The van der Waals surface area contributed by atoms with E-state index in [1.54, 1.807) is 22.9 Å². The average molecular weight is 435 g/mol. The molecular weight excluding hydrogens is 400 g/mol. The number of pyridine rings is 1. The highest BCUT2D eigenvalue weighted by molar-refractivity contribution is 5.75. The Hall–Kier alpha value is -2.77. The molecule has 1 aromatic carbocycles. The number of benzene rings is 1. The second-order valence-electron chi connectivity index (χ2n) is 9.92.